The first-order valence-electron chi connectivity index (χ1n) is 7.45. The Morgan fingerprint density at radius 3 is 2.62 bits per heavy atom. The molecule has 3 rings (SSSR count). The van der Waals surface area contributed by atoms with Gasteiger partial charge >= 0.3 is 0 Å². The van der Waals surface area contributed by atoms with E-state index in [1.807, 2.05) is 18.2 Å². The summed E-state index contributed by atoms with van der Waals surface area (Å²) in [5.74, 6) is 0.945. The quantitative estimate of drug-likeness (QED) is 0.734. The third-order valence-electron chi connectivity index (χ3n) is 3.66. The van der Waals surface area contributed by atoms with Crippen molar-refractivity contribution in [1.29, 1.82) is 0 Å². The molecule has 1 heterocycles. The molecule has 0 aliphatic heterocycles. The van der Waals surface area contributed by atoms with E-state index in [9.17, 15) is 0 Å². The lowest BCUT2D eigenvalue weighted by Crippen LogP contribution is -2.22. The molecule has 0 amide bonds. The fraction of sp³-hybridized carbons (Fsp3) is 0.263. The van der Waals surface area contributed by atoms with Gasteiger partial charge in [-0.1, -0.05) is 49.7 Å². The van der Waals surface area contributed by atoms with Gasteiger partial charge in [-0.3, -0.25) is 0 Å². The molecule has 1 N–H and O–H groups in total. The lowest BCUT2D eigenvalue weighted by Gasteiger charge is -2.12. The van der Waals surface area contributed by atoms with E-state index in [0.29, 0.717) is 6.04 Å². The number of furan rings is 1. The highest BCUT2D eigenvalue weighted by Crippen LogP contribution is 2.30. The van der Waals surface area contributed by atoms with Crippen molar-refractivity contribution < 1.29 is 4.42 Å². The highest BCUT2D eigenvalue weighted by Gasteiger charge is 2.11. The summed E-state index contributed by atoms with van der Waals surface area (Å²) in [6, 6.07) is 17.3. The van der Waals surface area contributed by atoms with Crippen LogP contribution < -0.4 is 5.32 Å². The van der Waals surface area contributed by atoms with Crippen LogP contribution in [0.4, 0.5) is 0 Å². The zero-order valence-corrected chi connectivity index (χ0v) is 12.8. The normalized spacial score (nSPS) is 11.4. The van der Waals surface area contributed by atoms with Gasteiger partial charge in [-0.15, -0.1) is 0 Å². The molecule has 21 heavy (non-hydrogen) atoms. The zero-order valence-electron chi connectivity index (χ0n) is 12.8. The summed E-state index contributed by atoms with van der Waals surface area (Å²) < 4.78 is 6.03. The third-order valence-corrected chi connectivity index (χ3v) is 3.66. The highest BCUT2D eigenvalue weighted by atomic mass is 16.3. The smallest absolute Gasteiger partial charge is 0.135 e. The molecule has 0 fully saturated rings. The summed E-state index contributed by atoms with van der Waals surface area (Å²) in [7, 11) is 0. The third kappa shape index (κ3) is 3.01. The largest absolute Gasteiger partial charge is 0.456 e. The summed E-state index contributed by atoms with van der Waals surface area (Å²) in [5.41, 5.74) is 4.64. The first-order valence-corrected chi connectivity index (χ1v) is 7.45. The predicted molar refractivity (Wildman–Crippen MR) is 88.4 cm³/mol. The van der Waals surface area contributed by atoms with E-state index in [1.54, 1.807) is 0 Å². The molecule has 108 valence electrons. The van der Waals surface area contributed by atoms with Gasteiger partial charge in [0, 0.05) is 23.5 Å². The number of aryl methyl sites for hydroxylation is 1. The van der Waals surface area contributed by atoms with Crippen LogP contribution in [0.15, 0.2) is 52.9 Å². The van der Waals surface area contributed by atoms with Gasteiger partial charge in [0.2, 0.25) is 0 Å². The second-order valence-corrected chi connectivity index (χ2v) is 5.84. The van der Waals surface area contributed by atoms with E-state index in [4.69, 9.17) is 4.42 Å². The van der Waals surface area contributed by atoms with Crippen LogP contribution in [-0.2, 0) is 6.54 Å². The average molecular weight is 279 g/mol. The van der Waals surface area contributed by atoms with E-state index < -0.39 is 0 Å². The van der Waals surface area contributed by atoms with Gasteiger partial charge in [0.25, 0.3) is 0 Å². The molecule has 0 saturated heterocycles. The van der Waals surface area contributed by atoms with Crippen LogP contribution in [0.3, 0.4) is 0 Å². The van der Waals surface area contributed by atoms with E-state index in [2.05, 4.69) is 56.4 Å². The second kappa shape index (κ2) is 5.74. The molecule has 2 aromatic carbocycles. The minimum atomic E-state index is 0.467. The predicted octanol–water partition coefficient (Wildman–Crippen LogP) is 4.91. The molecule has 2 heteroatoms. The van der Waals surface area contributed by atoms with Crippen LogP contribution in [0.1, 0.15) is 25.0 Å². The van der Waals surface area contributed by atoms with Crippen molar-refractivity contribution in [2.45, 2.75) is 33.4 Å². The first kappa shape index (κ1) is 13.9. The topological polar surface area (TPSA) is 25.2 Å². The van der Waals surface area contributed by atoms with Crippen molar-refractivity contribution in [1.82, 2.24) is 5.32 Å². The Labute approximate surface area is 125 Å². The maximum Gasteiger partial charge on any atom is 0.135 e. The molecule has 1 aromatic heterocycles. The maximum atomic E-state index is 6.03. The van der Waals surface area contributed by atoms with Crippen molar-refractivity contribution in [2.24, 2.45) is 0 Å². The summed E-state index contributed by atoms with van der Waals surface area (Å²) in [4.78, 5) is 0. The van der Waals surface area contributed by atoms with E-state index in [-0.39, 0.29) is 0 Å². The summed E-state index contributed by atoms with van der Waals surface area (Å²) in [6.07, 6.45) is 0. The Morgan fingerprint density at radius 2 is 1.86 bits per heavy atom. The number of benzene rings is 2. The Bertz CT molecular complexity index is 722. The van der Waals surface area contributed by atoms with Crippen LogP contribution in [0.2, 0.25) is 0 Å². The van der Waals surface area contributed by atoms with Crippen molar-refractivity contribution in [3.05, 3.63) is 59.7 Å². The highest BCUT2D eigenvalue weighted by molar-refractivity contribution is 5.83. The van der Waals surface area contributed by atoms with Gasteiger partial charge in [-0.05, 0) is 30.7 Å². The fourth-order valence-corrected chi connectivity index (χ4v) is 2.50. The van der Waals surface area contributed by atoms with Gasteiger partial charge in [0.15, 0.2) is 0 Å². The summed E-state index contributed by atoms with van der Waals surface area (Å²) in [5, 5.41) is 4.63. The Kier molecular flexibility index (Phi) is 3.80. The summed E-state index contributed by atoms with van der Waals surface area (Å²) >= 11 is 0. The Morgan fingerprint density at radius 1 is 1.05 bits per heavy atom. The van der Waals surface area contributed by atoms with Gasteiger partial charge < -0.3 is 9.73 Å². The van der Waals surface area contributed by atoms with Gasteiger partial charge in [0.05, 0.1) is 0 Å². The lowest BCUT2D eigenvalue weighted by molar-refractivity contribution is 0.586. The number of para-hydroxylation sites is 1. The summed E-state index contributed by atoms with van der Waals surface area (Å²) in [6.45, 7) is 7.29. The van der Waals surface area contributed by atoms with Crippen molar-refractivity contribution in [3.8, 4) is 11.3 Å². The second-order valence-electron chi connectivity index (χ2n) is 5.84. The number of fused-ring (bicyclic) bond motifs is 1. The number of hydrogen-bond acceptors (Lipinski definition) is 2. The zero-order chi connectivity index (χ0) is 14.8. The molecular formula is C19H21NO. The van der Waals surface area contributed by atoms with Crippen molar-refractivity contribution >= 4 is 11.0 Å². The maximum absolute atomic E-state index is 6.03. The minimum absolute atomic E-state index is 0.467. The first-order chi connectivity index (χ1) is 10.1. The molecule has 2 nitrogen and oxygen atoms in total. The van der Waals surface area contributed by atoms with Crippen LogP contribution in [0.25, 0.3) is 22.3 Å². The molecule has 0 radical (unpaired) electrons. The van der Waals surface area contributed by atoms with Crippen molar-refractivity contribution in [2.75, 3.05) is 0 Å². The van der Waals surface area contributed by atoms with Crippen molar-refractivity contribution in [3.63, 3.8) is 0 Å². The molecule has 0 unspecified atom stereocenters. The van der Waals surface area contributed by atoms with Gasteiger partial charge in [-0.25, -0.2) is 0 Å². The van der Waals surface area contributed by atoms with Crippen LogP contribution in [0.5, 0.6) is 0 Å². The molecular weight excluding hydrogens is 258 g/mol. The van der Waals surface area contributed by atoms with E-state index >= 15 is 0 Å². The van der Waals surface area contributed by atoms with E-state index in [1.165, 1.54) is 16.7 Å². The number of hydrogen-bond donors (Lipinski definition) is 1. The standard InChI is InChI=1S/C19H21NO/c1-13(2)20-12-16-9-8-14(3)10-17(16)19-11-15-6-4-5-7-18(15)21-19/h4-11,13,20H,12H2,1-3H3. The fourth-order valence-electron chi connectivity index (χ4n) is 2.50. The molecule has 0 atom stereocenters. The SMILES string of the molecule is Cc1ccc(CNC(C)C)c(-c2cc3ccccc3o2)c1. The van der Waals surface area contributed by atoms with Crippen LogP contribution in [-0.4, -0.2) is 6.04 Å². The average Bonchev–Trinajstić information content (AvgIpc) is 2.89. The molecule has 0 bridgehead atoms. The monoisotopic (exact) mass is 279 g/mol. The lowest BCUT2D eigenvalue weighted by atomic mass is 10.0. The minimum Gasteiger partial charge on any atom is -0.456 e. The molecule has 0 spiro atoms. The van der Waals surface area contributed by atoms with Gasteiger partial charge in [0.1, 0.15) is 11.3 Å². The van der Waals surface area contributed by atoms with E-state index in [0.717, 1.165) is 23.3 Å². The van der Waals surface area contributed by atoms with Crippen LogP contribution >= 0.6 is 0 Å². The molecule has 3 aromatic rings. The molecule has 0 aliphatic carbocycles. The number of nitrogens with one attached hydrogen (secondary N) is 1. The Hall–Kier alpha value is -2.06. The Balaban J connectivity index is 2.04. The van der Waals surface area contributed by atoms with Crippen LogP contribution in [0, 0.1) is 6.92 Å². The number of rotatable bonds is 4. The molecule has 0 aliphatic rings. The molecule has 0 saturated carbocycles. The van der Waals surface area contributed by atoms with Gasteiger partial charge in [-0.2, -0.15) is 0 Å².